The van der Waals surface area contributed by atoms with E-state index in [4.69, 9.17) is 4.74 Å². The molecule has 2 unspecified atom stereocenters. The van der Waals surface area contributed by atoms with Crippen LogP contribution in [-0.4, -0.2) is 40.2 Å². The van der Waals surface area contributed by atoms with Gasteiger partial charge in [-0.3, -0.25) is 14.6 Å². The molecule has 3 rings (SSSR count). The Hall–Kier alpha value is -2.24. The maximum Gasteiger partial charge on any atom is 0.312 e. The number of rotatable bonds is 6. The topological polar surface area (TPSA) is 71.9 Å². The summed E-state index contributed by atoms with van der Waals surface area (Å²) in [7, 11) is 0. The molecule has 0 radical (unpaired) electrons. The average Bonchev–Trinajstić information content (AvgIpc) is 3.15. The minimum Gasteiger partial charge on any atom is -0.465 e. The summed E-state index contributed by atoms with van der Waals surface area (Å²) < 4.78 is 5.18. The van der Waals surface area contributed by atoms with Crippen LogP contribution in [0.1, 0.15) is 50.4 Å². The Morgan fingerprint density at radius 1 is 1.42 bits per heavy atom. The molecule has 6 nitrogen and oxygen atoms in total. The first-order valence-electron chi connectivity index (χ1n) is 8.58. The van der Waals surface area contributed by atoms with E-state index in [1.54, 1.807) is 5.01 Å². The van der Waals surface area contributed by atoms with Crippen molar-refractivity contribution in [2.45, 2.75) is 52.0 Å². The highest BCUT2D eigenvalue weighted by molar-refractivity contribution is 6.08. The number of aryl methyl sites for hydroxylation is 1. The molecule has 1 aliphatic carbocycles. The van der Waals surface area contributed by atoms with E-state index in [1.165, 1.54) is 0 Å². The summed E-state index contributed by atoms with van der Waals surface area (Å²) in [5.74, 6) is -0.174. The van der Waals surface area contributed by atoms with Crippen molar-refractivity contribution >= 4 is 17.6 Å². The van der Waals surface area contributed by atoms with Crippen LogP contribution in [0.2, 0.25) is 0 Å². The summed E-state index contributed by atoms with van der Waals surface area (Å²) in [6.07, 6.45) is 3.60. The molecule has 2 aliphatic rings. The summed E-state index contributed by atoms with van der Waals surface area (Å²) in [5, 5.41) is 6.11. The molecule has 1 amide bonds. The number of hydrazone groups is 1. The molecule has 1 saturated heterocycles. The summed E-state index contributed by atoms with van der Waals surface area (Å²) in [6.45, 7) is 4.23. The Kier molecular flexibility index (Phi) is 4.92. The zero-order valence-corrected chi connectivity index (χ0v) is 14.2. The van der Waals surface area contributed by atoms with Gasteiger partial charge in [-0.1, -0.05) is 13.0 Å². The minimum atomic E-state index is -0.337. The molecule has 1 aromatic heterocycles. The molecule has 0 spiro atoms. The number of fused-ring (bicyclic) bond motifs is 2. The molecule has 2 heterocycles. The van der Waals surface area contributed by atoms with Gasteiger partial charge >= 0.3 is 5.97 Å². The SMILES string of the molecule is CCCOC(=O)C/C(=N/N1C(=O)C2CCC1C2)c1cccc(C)n1. The monoisotopic (exact) mass is 329 g/mol. The Morgan fingerprint density at radius 3 is 2.92 bits per heavy atom. The molecule has 0 N–H and O–H groups in total. The van der Waals surface area contributed by atoms with E-state index in [9.17, 15) is 9.59 Å². The highest BCUT2D eigenvalue weighted by atomic mass is 16.5. The Morgan fingerprint density at radius 2 is 2.25 bits per heavy atom. The van der Waals surface area contributed by atoms with Crippen LogP contribution in [0.3, 0.4) is 0 Å². The molecule has 1 aromatic rings. The lowest BCUT2D eigenvalue weighted by atomic mass is 10.1. The van der Waals surface area contributed by atoms with E-state index in [1.807, 2.05) is 32.0 Å². The summed E-state index contributed by atoms with van der Waals surface area (Å²) in [5.41, 5.74) is 1.97. The summed E-state index contributed by atoms with van der Waals surface area (Å²) in [6, 6.07) is 5.74. The van der Waals surface area contributed by atoms with Crippen molar-refractivity contribution in [3.8, 4) is 0 Å². The molecule has 6 heteroatoms. The number of carbonyl (C=O) groups excluding carboxylic acids is 2. The van der Waals surface area contributed by atoms with Crippen molar-refractivity contribution in [2.24, 2.45) is 11.0 Å². The number of aromatic nitrogens is 1. The van der Waals surface area contributed by atoms with Crippen LogP contribution in [-0.2, 0) is 14.3 Å². The van der Waals surface area contributed by atoms with Crippen molar-refractivity contribution in [2.75, 3.05) is 6.61 Å². The number of hydrogen-bond acceptors (Lipinski definition) is 5. The van der Waals surface area contributed by atoms with E-state index in [-0.39, 0.29) is 30.3 Å². The lowest BCUT2D eigenvalue weighted by Gasteiger charge is -2.23. The Balaban J connectivity index is 1.85. The second kappa shape index (κ2) is 7.11. The van der Waals surface area contributed by atoms with E-state index in [0.717, 1.165) is 31.4 Å². The number of amides is 1. The molecule has 2 bridgehead atoms. The number of hydrogen-bond donors (Lipinski definition) is 0. The first-order chi connectivity index (χ1) is 11.6. The molecule has 2 atom stereocenters. The Labute approximate surface area is 141 Å². The first-order valence-corrected chi connectivity index (χ1v) is 8.58. The normalized spacial score (nSPS) is 23.0. The number of carbonyl (C=O) groups is 2. The van der Waals surface area contributed by atoms with Crippen molar-refractivity contribution in [3.63, 3.8) is 0 Å². The number of pyridine rings is 1. The van der Waals surface area contributed by atoms with Crippen LogP contribution in [0.4, 0.5) is 0 Å². The van der Waals surface area contributed by atoms with Crippen LogP contribution < -0.4 is 0 Å². The van der Waals surface area contributed by atoms with Gasteiger partial charge in [0.15, 0.2) is 0 Å². The van der Waals surface area contributed by atoms with E-state index < -0.39 is 0 Å². The lowest BCUT2D eigenvalue weighted by molar-refractivity contribution is -0.142. The second-order valence-corrected chi connectivity index (χ2v) is 6.45. The molecular formula is C18H23N3O3. The van der Waals surface area contributed by atoms with Gasteiger partial charge in [0.1, 0.15) is 0 Å². The van der Waals surface area contributed by atoms with E-state index in [2.05, 4.69) is 10.1 Å². The van der Waals surface area contributed by atoms with Gasteiger partial charge in [0.25, 0.3) is 0 Å². The minimum absolute atomic E-state index is 0.0254. The lowest BCUT2D eigenvalue weighted by Crippen LogP contribution is -2.34. The van der Waals surface area contributed by atoms with Gasteiger partial charge in [0, 0.05) is 11.6 Å². The second-order valence-electron chi connectivity index (χ2n) is 6.45. The summed E-state index contributed by atoms with van der Waals surface area (Å²) >= 11 is 0. The predicted molar refractivity (Wildman–Crippen MR) is 89.4 cm³/mol. The van der Waals surface area contributed by atoms with E-state index in [0.29, 0.717) is 18.0 Å². The molecule has 1 saturated carbocycles. The molecule has 1 aliphatic heterocycles. The molecule has 24 heavy (non-hydrogen) atoms. The van der Waals surface area contributed by atoms with Gasteiger partial charge in [-0.05, 0) is 44.7 Å². The fourth-order valence-electron chi connectivity index (χ4n) is 3.32. The van der Waals surface area contributed by atoms with Crippen molar-refractivity contribution in [1.29, 1.82) is 0 Å². The van der Waals surface area contributed by atoms with Crippen molar-refractivity contribution in [3.05, 3.63) is 29.6 Å². The van der Waals surface area contributed by atoms with Crippen molar-refractivity contribution in [1.82, 2.24) is 9.99 Å². The number of esters is 1. The number of ether oxygens (including phenoxy) is 1. The zero-order valence-electron chi connectivity index (χ0n) is 14.2. The van der Waals surface area contributed by atoms with Gasteiger partial charge < -0.3 is 4.74 Å². The molecule has 2 fully saturated rings. The van der Waals surface area contributed by atoms with Crippen molar-refractivity contribution < 1.29 is 14.3 Å². The van der Waals surface area contributed by atoms with Gasteiger partial charge in [0.2, 0.25) is 5.91 Å². The predicted octanol–water partition coefficient (Wildman–Crippen LogP) is 2.45. The zero-order chi connectivity index (χ0) is 17.1. The smallest absolute Gasteiger partial charge is 0.312 e. The van der Waals surface area contributed by atoms with Crippen LogP contribution >= 0.6 is 0 Å². The van der Waals surface area contributed by atoms with Crippen LogP contribution in [0.25, 0.3) is 0 Å². The fraction of sp³-hybridized carbons (Fsp3) is 0.556. The van der Waals surface area contributed by atoms with Crippen LogP contribution in [0.5, 0.6) is 0 Å². The van der Waals surface area contributed by atoms with Crippen LogP contribution in [0, 0.1) is 12.8 Å². The maximum absolute atomic E-state index is 12.3. The standard InChI is InChI=1S/C18H23N3O3/c1-3-9-24-17(22)11-16(15-6-4-5-12(2)19-15)20-21-14-8-7-13(10-14)18(21)23/h4-6,13-14H,3,7-11H2,1-2H3/b20-16-. The van der Waals surface area contributed by atoms with Gasteiger partial charge in [-0.15, -0.1) is 0 Å². The summed E-state index contributed by atoms with van der Waals surface area (Å²) in [4.78, 5) is 28.9. The maximum atomic E-state index is 12.3. The Bertz CT molecular complexity index is 671. The average molecular weight is 329 g/mol. The van der Waals surface area contributed by atoms with Gasteiger partial charge in [-0.25, -0.2) is 5.01 Å². The fourth-order valence-corrected chi connectivity index (χ4v) is 3.32. The third-order valence-corrected chi connectivity index (χ3v) is 4.52. The van der Waals surface area contributed by atoms with Gasteiger partial charge in [0.05, 0.1) is 30.5 Å². The largest absolute Gasteiger partial charge is 0.465 e. The number of piperidine rings is 1. The molecule has 0 aromatic carbocycles. The first kappa shape index (κ1) is 16.6. The quantitative estimate of drug-likeness (QED) is 0.593. The molecule has 128 valence electrons. The highest BCUT2D eigenvalue weighted by Gasteiger charge is 2.45. The van der Waals surface area contributed by atoms with Gasteiger partial charge in [-0.2, -0.15) is 5.10 Å². The third kappa shape index (κ3) is 3.47. The highest BCUT2D eigenvalue weighted by Crippen LogP contribution is 2.38. The number of nitrogens with zero attached hydrogens (tertiary/aromatic N) is 3. The molecular weight excluding hydrogens is 306 g/mol. The third-order valence-electron chi connectivity index (χ3n) is 4.52. The van der Waals surface area contributed by atoms with E-state index >= 15 is 0 Å². The van der Waals surface area contributed by atoms with Crippen LogP contribution in [0.15, 0.2) is 23.3 Å².